The lowest BCUT2D eigenvalue weighted by molar-refractivity contribution is 0.227. The maximum Gasteiger partial charge on any atom is 0.251 e. The molecule has 0 radical (unpaired) electrons. The Kier molecular flexibility index (Phi) is 4.38. The van der Waals surface area contributed by atoms with E-state index in [1.54, 1.807) is 12.1 Å². The Morgan fingerprint density at radius 3 is 2.38 bits per heavy atom. The Morgan fingerprint density at radius 2 is 1.73 bits per heavy atom. The van der Waals surface area contributed by atoms with E-state index in [4.69, 9.17) is 8.83 Å². The first kappa shape index (κ1) is 16.7. The molecule has 1 fully saturated rings. The van der Waals surface area contributed by atoms with Crippen LogP contribution in [0.4, 0.5) is 5.69 Å². The van der Waals surface area contributed by atoms with Gasteiger partial charge in [-0.3, -0.25) is 4.90 Å². The van der Waals surface area contributed by atoms with Crippen LogP contribution in [0, 0.1) is 13.8 Å². The molecule has 2 aromatic heterocycles. The number of furan rings is 1. The van der Waals surface area contributed by atoms with Crippen molar-refractivity contribution in [3.8, 4) is 17.2 Å². The predicted octanol–water partition coefficient (Wildman–Crippen LogP) is 2.97. The lowest BCUT2D eigenvalue weighted by atomic mass is 10.2. The second kappa shape index (κ2) is 6.84. The van der Waals surface area contributed by atoms with E-state index in [1.165, 1.54) is 0 Å². The van der Waals surface area contributed by atoms with Crippen molar-refractivity contribution in [1.29, 1.82) is 0 Å². The summed E-state index contributed by atoms with van der Waals surface area (Å²) in [5, 5.41) is 17.8. The van der Waals surface area contributed by atoms with E-state index in [0.29, 0.717) is 24.1 Å². The highest BCUT2D eigenvalue weighted by atomic mass is 16.4. The number of phenolic OH excluding ortho intramolecular Hbond substituents is 1. The summed E-state index contributed by atoms with van der Waals surface area (Å²) in [6.07, 6.45) is 0. The van der Waals surface area contributed by atoms with Gasteiger partial charge in [-0.15, -0.1) is 10.2 Å². The van der Waals surface area contributed by atoms with E-state index in [2.05, 4.69) is 20.0 Å². The lowest BCUT2D eigenvalue weighted by Crippen LogP contribution is -2.46. The van der Waals surface area contributed by atoms with E-state index in [0.717, 1.165) is 49.0 Å². The molecule has 0 spiro atoms. The average molecular weight is 354 g/mol. The summed E-state index contributed by atoms with van der Waals surface area (Å²) in [4.78, 5) is 4.62. The summed E-state index contributed by atoms with van der Waals surface area (Å²) in [6, 6.07) is 9.26. The third-order valence-corrected chi connectivity index (χ3v) is 4.68. The normalized spacial score (nSPS) is 15.5. The SMILES string of the molecule is Cc1cc(-c2nnc(CN3CCN(c4ccc(O)cc4)CC3)o2)c(C)o1. The van der Waals surface area contributed by atoms with Crippen LogP contribution in [0.1, 0.15) is 17.4 Å². The predicted molar refractivity (Wildman–Crippen MR) is 97.1 cm³/mol. The molecule has 0 unspecified atom stereocenters. The van der Waals surface area contributed by atoms with Crippen molar-refractivity contribution < 1.29 is 13.9 Å². The molecule has 26 heavy (non-hydrogen) atoms. The fraction of sp³-hybridized carbons (Fsp3) is 0.368. The lowest BCUT2D eigenvalue weighted by Gasteiger charge is -2.35. The standard InChI is InChI=1S/C19H22N4O3/c1-13-11-17(14(2)25-13)19-21-20-18(26-19)12-22-7-9-23(10-8-22)15-3-5-16(24)6-4-15/h3-6,11,24H,7-10,12H2,1-2H3. The molecule has 136 valence electrons. The van der Waals surface area contributed by atoms with Gasteiger partial charge in [-0.2, -0.15) is 0 Å². The van der Waals surface area contributed by atoms with Crippen LogP contribution < -0.4 is 4.90 Å². The molecule has 7 nitrogen and oxygen atoms in total. The monoisotopic (exact) mass is 354 g/mol. The molecular formula is C19H22N4O3. The topological polar surface area (TPSA) is 78.8 Å². The van der Waals surface area contributed by atoms with Crippen molar-refractivity contribution >= 4 is 5.69 Å². The number of hydrogen-bond donors (Lipinski definition) is 1. The number of phenols is 1. The molecular weight excluding hydrogens is 332 g/mol. The maximum atomic E-state index is 9.41. The van der Waals surface area contributed by atoms with Crippen molar-refractivity contribution in [3.63, 3.8) is 0 Å². The van der Waals surface area contributed by atoms with Gasteiger partial charge in [0.15, 0.2) is 0 Å². The van der Waals surface area contributed by atoms with Gasteiger partial charge < -0.3 is 18.8 Å². The minimum absolute atomic E-state index is 0.294. The van der Waals surface area contributed by atoms with Crippen LogP contribution in [-0.2, 0) is 6.54 Å². The second-order valence-electron chi connectivity index (χ2n) is 6.61. The first-order valence-corrected chi connectivity index (χ1v) is 8.74. The minimum atomic E-state index is 0.294. The summed E-state index contributed by atoms with van der Waals surface area (Å²) in [5.41, 5.74) is 1.99. The first-order chi connectivity index (χ1) is 12.6. The third-order valence-electron chi connectivity index (χ3n) is 4.68. The summed E-state index contributed by atoms with van der Waals surface area (Å²) < 4.78 is 11.4. The van der Waals surface area contributed by atoms with Gasteiger partial charge in [0.2, 0.25) is 5.89 Å². The van der Waals surface area contributed by atoms with Crippen LogP contribution in [0.3, 0.4) is 0 Å². The molecule has 0 saturated carbocycles. The summed E-state index contributed by atoms with van der Waals surface area (Å²) in [7, 11) is 0. The highest BCUT2D eigenvalue weighted by Crippen LogP contribution is 2.26. The van der Waals surface area contributed by atoms with E-state index in [1.807, 2.05) is 32.0 Å². The minimum Gasteiger partial charge on any atom is -0.508 e. The molecule has 1 aliphatic rings. The molecule has 0 amide bonds. The highest BCUT2D eigenvalue weighted by Gasteiger charge is 2.20. The van der Waals surface area contributed by atoms with Crippen LogP contribution in [-0.4, -0.2) is 46.4 Å². The van der Waals surface area contributed by atoms with Crippen LogP contribution >= 0.6 is 0 Å². The van der Waals surface area contributed by atoms with Crippen LogP contribution in [0.5, 0.6) is 5.75 Å². The number of hydrogen-bond acceptors (Lipinski definition) is 7. The van der Waals surface area contributed by atoms with E-state index in [-0.39, 0.29) is 0 Å². The molecule has 7 heteroatoms. The number of anilines is 1. The Hall–Kier alpha value is -2.80. The van der Waals surface area contributed by atoms with Gasteiger partial charge >= 0.3 is 0 Å². The summed E-state index contributed by atoms with van der Waals surface area (Å²) >= 11 is 0. The molecule has 1 aliphatic heterocycles. The number of aromatic nitrogens is 2. The Labute approximate surface area is 151 Å². The van der Waals surface area contributed by atoms with Crippen LogP contribution in [0.2, 0.25) is 0 Å². The number of aromatic hydroxyl groups is 1. The van der Waals surface area contributed by atoms with Crippen molar-refractivity contribution in [2.45, 2.75) is 20.4 Å². The van der Waals surface area contributed by atoms with Gasteiger partial charge in [0.25, 0.3) is 5.89 Å². The molecule has 1 aromatic carbocycles. The summed E-state index contributed by atoms with van der Waals surface area (Å²) in [6.45, 7) is 8.13. The zero-order valence-corrected chi connectivity index (χ0v) is 15.0. The van der Waals surface area contributed by atoms with Gasteiger partial charge in [0.1, 0.15) is 17.3 Å². The number of piperazine rings is 1. The number of nitrogens with zero attached hydrogens (tertiary/aromatic N) is 4. The van der Waals surface area contributed by atoms with Gasteiger partial charge in [-0.1, -0.05) is 0 Å². The maximum absolute atomic E-state index is 9.41. The number of benzene rings is 1. The van der Waals surface area contributed by atoms with Crippen molar-refractivity contribution in [3.05, 3.63) is 47.7 Å². The van der Waals surface area contributed by atoms with Crippen LogP contribution in [0.25, 0.3) is 11.5 Å². The fourth-order valence-corrected chi connectivity index (χ4v) is 3.29. The van der Waals surface area contributed by atoms with Crippen molar-refractivity contribution in [2.75, 3.05) is 31.1 Å². The Balaban J connectivity index is 1.36. The van der Waals surface area contributed by atoms with Gasteiger partial charge in [0.05, 0.1) is 12.1 Å². The number of rotatable bonds is 4. The molecule has 3 heterocycles. The zero-order chi connectivity index (χ0) is 18.1. The van der Waals surface area contributed by atoms with Gasteiger partial charge in [-0.05, 0) is 44.2 Å². The molecule has 1 N–H and O–H groups in total. The fourth-order valence-electron chi connectivity index (χ4n) is 3.29. The van der Waals surface area contributed by atoms with E-state index in [9.17, 15) is 5.11 Å². The highest BCUT2D eigenvalue weighted by molar-refractivity contribution is 5.55. The number of aryl methyl sites for hydroxylation is 2. The van der Waals surface area contributed by atoms with Crippen molar-refractivity contribution in [1.82, 2.24) is 15.1 Å². The first-order valence-electron chi connectivity index (χ1n) is 8.74. The second-order valence-corrected chi connectivity index (χ2v) is 6.61. The molecule has 3 aromatic rings. The van der Waals surface area contributed by atoms with E-state index < -0.39 is 0 Å². The Bertz CT molecular complexity index is 877. The van der Waals surface area contributed by atoms with Gasteiger partial charge in [0, 0.05) is 31.9 Å². The Morgan fingerprint density at radius 1 is 1.00 bits per heavy atom. The quantitative estimate of drug-likeness (QED) is 0.771. The van der Waals surface area contributed by atoms with E-state index >= 15 is 0 Å². The summed E-state index contributed by atoms with van der Waals surface area (Å²) in [5.74, 6) is 3.05. The molecule has 1 saturated heterocycles. The van der Waals surface area contributed by atoms with Crippen LogP contribution in [0.15, 0.2) is 39.2 Å². The van der Waals surface area contributed by atoms with Gasteiger partial charge in [-0.25, -0.2) is 0 Å². The smallest absolute Gasteiger partial charge is 0.251 e. The third kappa shape index (κ3) is 3.43. The zero-order valence-electron chi connectivity index (χ0n) is 15.0. The molecule has 0 atom stereocenters. The average Bonchev–Trinajstić information content (AvgIpc) is 3.22. The van der Waals surface area contributed by atoms with Crippen molar-refractivity contribution in [2.24, 2.45) is 0 Å². The molecule has 0 aliphatic carbocycles. The largest absolute Gasteiger partial charge is 0.508 e. The molecule has 4 rings (SSSR count). The molecule has 0 bridgehead atoms.